The normalized spacial score (nSPS) is 22.1. The molecule has 2 heterocycles. The zero-order valence-corrected chi connectivity index (χ0v) is 13.3. The highest BCUT2D eigenvalue weighted by Gasteiger charge is 2.35. The molecule has 2 unspecified atom stereocenters. The Morgan fingerprint density at radius 3 is 2.81 bits per heavy atom. The number of thiophene rings is 1. The zero-order valence-electron chi connectivity index (χ0n) is 12.5. The maximum atomic E-state index is 12.3. The van der Waals surface area contributed by atoms with Gasteiger partial charge in [0.15, 0.2) is 0 Å². The van der Waals surface area contributed by atoms with Gasteiger partial charge in [-0.1, -0.05) is 13.3 Å². The predicted molar refractivity (Wildman–Crippen MR) is 82.4 cm³/mol. The van der Waals surface area contributed by atoms with Crippen molar-refractivity contribution in [3.8, 4) is 0 Å². The van der Waals surface area contributed by atoms with E-state index in [4.69, 9.17) is 0 Å². The summed E-state index contributed by atoms with van der Waals surface area (Å²) in [6.45, 7) is 5.04. The quantitative estimate of drug-likeness (QED) is 0.898. The van der Waals surface area contributed by atoms with Gasteiger partial charge in [0, 0.05) is 13.1 Å². The number of nitrogens with one attached hydrogen (secondary N) is 1. The number of likely N-dealkylation sites (tertiary alicyclic amines) is 1. The van der Waals surface area contributed by atoms with Gasteiger partial charge in [0.2, 0.25) is 0 Å². The number of urea groups is 1. The molecule has 2 rings (SSSR count). The fraction of sp³-hybridized carbons (Fsp3) is 0.600. The molecule has 116 valence electrons. The summed E-state index contributed by atoms with van der Waals surface area (Å²) >= 11 is 1.60. The lowest BCUT2D eigenvalue weighted by molar-refractivity contribution is -0.144. The first-order valence-electron chi connectivity index (χ1n) is 7.31. The average molecular weight is 310 g/mol. The largest absolute Gasteiger partial charge is 0.480 e. The second-order valence-electron chi connectivity index (χ2n) is 5.58. The molecule has 1 fully saturated rings. The zero-order chi connectivity index (χ0) is 15.4. The topological polar surface area (TPSA) is 69.6 Å². The number of carboxylic acids is 1. The lowest BCUT2D eigenvalue weighted by Gasteiger charge is -2.36. The van der Waals surface area contributed by atoms with E-state index >= 15 is 0 Å². The molecule has 6 heteroatoms. The van der Waals surface area contributed by atoms with Crippen LogP contribution in [0.4, 0.5) is 4.79 Å². The fourth-order valence-corrected chi connectivity index (χ4v) is 3.58. The van der Waals surface area contributed by atoms with Crippen LogP contribution in [0.3, 0.4) is 0 Å². The Morgan fingerprint density at radius 2 is 2.24 bits per heavy atom. The number of aliphatic carboxylic acids is 1. The minimum atomic E-state index is -0.907. The number of carbonyl (C=O) groups excluding carboxylic acids is 1. The van der Waals surface area contributed by atoms with E-state index in [9.17, 15) is 14.7 Å². The average Bonchev–Trinajstić information content (AvgIpc) is 2.89. The molecule has 1 saturated heterocycles. The van der Waals surface area contributed by atoms with Gasteiger partial charge >= 0.3 is 12.0 Å². The molecular formula is C15H22N2O3S. The van der Waals surface area contributed by atoms with Gasteiger partial charge in [-0.25, -0.2) is 9.59 Å². The van der Waals surface area contributed by atoms with Crippen LogP contribution in [0, 0.1) is 12.8 Å². The molecule has 2 N–H and O–H groups in total. The van der Waals surface area contributed by atoms with Crippen molar-refractivity contribution in [1.29, 1.82) is 0 Å². The molecule has 0 saturated carbocycles. The minimum absolute atomic E-state index is 0.275. The highest BCUT2D eigenvalue weighted by Crippen LogP contribution is 2.25. The number of carboxylic acid groups (broad SMARTS) is 1. The van der Waals surface area contributed by atoms with Gasteiger partial charge in [0.1, 0.15) is 6.04 Å². The van der Waals surface area contributed by atoms with Crippen molar-refractivity contribution in [3.63, 3.8) is 0 Å². The molecule has 0 aliphatic carbocycles. The standard InChI is InChI=1S/C15H22N2O3S/c1-3-11-4-5-17(13(6-11)14(18)19)15(20)16-7-12-9-21-8-10(12)2/h8-9,11,13H,3-7H2,1-2H3,(H,16,20)(H,18,19). The number of aryl methyl sites for hydroxylation is 1. The highest BCUT2D eigenvalue weighted by molar-refractivity contribution is 7.08. The third kappa shape index (κ3) is 3.75. The first-order chi connectivity index (χ1) is 10.0. The van der Waals surface area contributed by atoms with E-state index < -0.39 is 12.0 Å². The van der Waals surface area contributed by atoms with Crippen molar-refractivity contribution in [2.45, 2.75) is 45.7 Å². The van der Waals surface area contributed by atoms with Crippen LogP contribution >= 0.6 is 11.3 Å². The number of rotatable bonds is 4. The molecular weight excluding hydrogens is 288 g/mol. The molecule has 0 spiro atoms. The van der Waals surface area contributed by atoms with Crippen LogP contribution in [0.5, 0.6) is 0 Å². The van der Waals surface area contributed by atoms with Crippen LogP contribution in [0.15, 0.2) is 10.8 Å². The van der Waals surface area contributed by atoms with Crippen molar-refractivity contribution in [3.05, 3.63) is 21.9 Å². The third-order valence-electron chi connectivity index (χ3n) is 4.23. The van der Waals surface area contributed by atoms with E-state index in [0.29, 0.717) is 25.4 Å². The van der Waals surface area contributed by atoms with Crippen molar-refractivity contribution in [2.24, 2.45) is 5.92 Å². The smallest absolute Gasteiger partial charge is 0.326 e. The maximum absolute atomic E-state index is 12.3. The molecule has 2 atom stereocenters. The second-order valence-corrected chi connectivity index (χ2v) is 6.33. The van der Waals surface area contributed by atoms with Crippen molar-refractivity contribution < 1.29 is 14.7 Å². The Hall–Kier alpha value is -1.56. The van der Waals surface area contributed by atoms with Crippen LogP contribution < -0.4 is 5.32 Å². The van der Waals surface area contributed by atoms with E-state index in [1.165, 1.54) is 4.90 Å². The number of piperidine rings is 1. The molecule has 1 aromatic heterocycles. The monoisotopic (exact) mass is 310 g/mol. The Kier molecular flexibility index (Phi) is 5.22. The van der Waals surface area contributed by atoms with Gasteiger partial charge in [0.25, 0.3) is 0 Å². The summed E-state index contributed by atoms with van der Waals surface area (Å²) in [6.07, 6.45) is 2.40. The minimum Gasteiger partial charge on any atom is -0.480 e. The summed E-state index contributed by atoms with van der Waals surface area (Å²) in [5.41, 5.74) is 2.24. The molecule has 5 nitrogen and oxygen atoms in total. The number of amides is 2. The van der Waals surface area contributed by atoms with E-state index in [1.54, 1.807) is 11.3 Å². The fourth-order valence-electron chi connectivity index (χ4n) is 2.73. The molecule has 1 aliphatic heterocycles. The third-order valence-corrected chi connectivity index (χ3v) is 5.14. The molecule has 0 bridgehead atoms. The maximum Gasteiger partial charge on any atom is 0.326 e. The molecule has 21 heavy (non-hydrogen) atoms. The van der Waals surface area contributed by atoms with Gasteiger partial charge < -0.3 is 15.3 Å². The Balaban J connectivity index is 1.97. The van der Waals surface area contributed by atoms with Crippen molar-refractivity contribution >= 4 is 23.3 Å². The summed E-state index contributed by atoms with van der Waals surface area (Å²) < 4.78 is 0. The molecule has 0 aromatic carbocycles. The van der Waals surface area contributed by atoms with E-state index in [1.807, 2.05) is 17.7 Å². The van der Waals surface area contributed by atoms with Gasteiger partial charge in [-0.2, -0.15) is 11.3 Å². The van der Waals surface area contributed by atoms with Crippen LogP contribution in [-0.4, -0.2) is 34.6 Å². The van der Waals surface area contributed by atoms with Gasteiger partial charge in [0.05, 0.1) is 0 Å². The first kappa shape index (κ1) is 15.8. The summed E-state index contributed by atoms with van der Waals surface area (Å²) in [6, 6.07) is -0.977. The summed E-state index contributed by atoms with van der Waals surface area (Å²) in [4.78, 5) is 25.1. The Labute approximate surface area is 129 Å². The molecule has 0 radical (unpaired) electrons. The van der Waals surface area contributed by atoms with Crippen molar-refractivity contribution in [2.75, 3.05) is 6.54 Å². The van der Waals surface area contributed by atoms with Gasteiger partial charge in [-0.3, -0.25) is 0 Å². The van der Waals surface area contributed by atoms with E-state index in [2.05, 4.69) is 12.2 Å². The lowest BCUT2D eigenvalue weighted by atomic mass is 9.89. The number of hydrogen-bond donors (Lipinski definition) is 2. The Bertz CT molecular complexity index is 515. The first-order valence-corrected chi connectivity index (χ1v) is 8.26. The molecule has 1 aliphatic rings. The summed E-state index contributed by atoms with van der Waals surface area (Å²) in [5.74, 6) is -0.510. The summed E-state index contributed by atoms with van der Waals surface area (Å²) in [5, 5.41) is 16.2. The van der Waals surface area contributed by atoms with Gasteiger partial charge in [-0.05, 0) is 47.6 Å². The van der Waals surface area contributed by atoms with Crippen LogP contribution in [0.2, 0.25) is 0 Å². The van der Waals surface area contributed by atoms with Gasteiger partial charge in [-0.15, -0.1) is 0 Å². The predicted octanol–water partition coefficient (Wildman–Crippen LogP) is 2.84. The molecule has 2 amide bonds. The lowest BCUT2D eigenvalue weighted by Crippen LogP contribution is -2.53. The van der Waals surface area contributed by atoms with Crippen LogP contribution in [0.25, 0.3) is 0 Å². The number of carbonyl (C=O) groups is 2. The Morgan fingerprint density at radius 1 is 1.48 bits per heavy atom. The highest BCUT2D eigenvalue weighted by atomic mass is 32.1. The van der Waals surface area contributed by atoms with E-state index in [-0.39, 0.29) is 6.03 Å². The van der Waals surface area contributed by atoms with Crippen molar-refractivity contribution in [1.82, 2.24) is 10.2 Å². The summed E-state index contributed by atoms with van der Waals surface area (Å²) in [7, 11) is 0. The number of hydrogen-bond acceptors (Lipinski definition) is 3. The molecule has 1 aromatic rings. The van der Waals surface area contributed by atoms with Crippen LogP contribution in [-0.2, 0) is 11.3 Å². The number of nitrogens with zero attached hydrogens (tertiary/aromatic N) is 1. The second kappa shape index (κ2) is 6.93. The SMILES string of the molecule is CCC1CCN(C(=O)NCc2cscc2C)C(C(=O)O)C1. The van der Waals surface area contributed by atoms with E-state index in [0.717, 1.165) is 24.0 Å². The van der Waals surface area contributed by atoms with Crippen LogP contribution in [0.1, 0.15) is 37.3 Å².